The number of nitrogens with one attached hydrogen (secondary N) is 2. The number of amides is 1. The van der Waals surface area contributed by atoms with Crippen LogP contribution >= 0.6 is 0 Å². The van der Waals surface area contributed by atoms with Gasteiger partial charge in [0.2, 0.25) is 5.91 Å². The first kappa shape index (κ1) is 17.7. The normalized spacial score (nSPS) is 22.7. The number of ether oxygens (including phenoxy) is 1. The lowest BCUT2D eigenvalue weighted by atomic mass is 9.97. The Balaban J connectivity index is 1.60. The summed E-state index contributed by atoms with van der Waals surface area (Å²) in [6.07, 6.45) is 7.10. The molecule has 2 aromatic heterocycles. The number of aromatic amines is 1. The van der Waals surface area contributed by atoms with Crippen LogP contribution in [0.5, 0.6) is 0 Å². The van der Waals surface area contributed by atoms with Gasteiger partial charge in [-0.2, -0.15) is 0 Å². The summed E-state index contributed by atoms with van der Waals surface area (Å²) in [7, 11) is 0. The number of hydrogen-bond donors (Lipinski definition) is 2. The van der Waals surface area contributed by atoms with Crippen LogP contribution in [0, 0.1) is 5.92 Å². The van der Waals surface area contributed by atoms with Crippen molar-refractivity contribution in [1.29, 1.82) is 0 Å². The molecule has 2 N–H and O–H groups in total. The lowest BCUT2D eigenvalue weighted by molar-refractivity contribution is -0.127. The van der Waals surface area contributed by atoms with Gasteiger partial charge in [0, 0.05) is 43.4 Å². The number of H-pyrrole nitrogens is 1. The molecule has 8 heteroatoms. The second-order valence-electron chi connectivity index (χ2n) is 7.04. The van der Waals surface area contributed by atoms with Crippen molar-refractivity contribution < 1.29 is 14.3 Å². The van der Waals surface area contributed by atoms with Crippen molar-refractivity contribution in [3.05, 3.63) is 30.7 Å². The van der Waals surface area contributed by atoms with E-state index >= 15 is 0 Å². The lowest BCUT2D eigenvalue weighted by Crippen LogP contribution is -2.44. The average Bonchev–Trinajstić information content (AvgIpc) is 3.37. The van der Waals surface area contributed by atoms with E-state index in [0.717, 1.165) is 25.8 Å². The van der Waals surface area contributed by atoms with Crippen molar-refractivity contribution in [2.45, 2.75) is 25.3 Å². The van der Waals surface area contributed by atoms with E-state index in [1.165, 1.54) is 12.4 Å². The van der Waals surface area contributed by atoms with Crippen molar-refractivity contribution in [2.24, 2.45) is 5.92 Å². The van der Waals surface area contributed by atoms with Gasteiger partial charge in [-0.25, -0.2) is 9.97 Å². The molecule has 4 heterocycles. The lowest BCUT2D eigenvalue weighted by Gasteiger charge is -2.32. The van der Waals surface area contributed by atoms with E-state index < -0.39 is 0 Å². The molecule has 2 fully saturated rings. The molecule has 0 radical (unpaired) electrons. The Bertz CT molecular complexity index is 871. The van der Waals surface area contributed by atoms with E-state index in [2.05, 4.69) is 26.8 Å². The summed E-state index contributed by atoms with van der Waals surface area (Å²) >= 11 is 0. The van der Waals surface area contributed by atoms with Crippen molar-refractivity contribution in [2.75, 3.05) is 31.6 Å². The number of hydrogen-bond acceptors (Lipinski definition) is 6. The number of fused-ring (bicyclic) bond motifs is 1. The number of rotatable bonds is 5. The molecule has 0 spiro atoms. The third-order valence-corrected chi connectivity index (χ3v) is 5.28. The van der Waals surface area contributed by atoms with Crippen LogP contribution in [0.15, 0.2) is 25.2 Å². The van der Waals surface area contributed by atoms with Crippen molar-refractivity contribution in [1.82, 2.24) is 19.9 Å². The zero-order valence-corrected chi connectivity index (χ0v) is 15.1. The van der Waals surface area contributed by atoms with Crippen molar-refractivity contribution in [3.8, 4) is 0 Å². The van der Waals surface area contributed by atoms with Crippen LogP contribution in [0.4, 0.5) is 5.82 Å². The zero-order chi connectivity index (χ0) is 18.8. The van der Waals surface area contributed by atoms with Gasteiger partial charge >= 0.3 is 0 Å². The number of carbonyl (C=O) groups is 2. The van der Waals surface area contributed by atoms with Gasteiger partial charge in [0.25, 0.3) is 0 Å². The summed E-state index contributed by atoms with van der Waals surface area (Å²) in [4.78, 5) is 38.3. The number of carbonyl (C=O) groups excluding carboxylic acids is 2. The van der Waals surface area contributed by atoms with Gasteiger partial charge in [0.05, 0.1) is 12.0 Å². The monoisotopic (exact) mass is 369 g/mol. The molecule has 0 aliphatic carbocycles. The van der Waals surface area contributed by atoms with Gasteiger partial charge in [0.1, 0.15) is 17.8 Å². The standard InChI is InChI=1S/C19H23N5O3/c1-2-15(25)24-6-3-4-13(9-24)23-19-16-14(8-20-18(16)21-11-22-19)17(26)12-5-7-27-10-12/h2,8,11-13H,1,3-7,9-10H2,(H2,20,21,22,23). The summed E-state index contributed by atoms with van der Waals surface area (Å²) in [5, 5.41) is 4.13. The summed E-state index contributed by atoms with van der Waals surface area (Å²) in [5.41, 5.74) is 1.23. The number of nitrogens with zero attached hydrogens (tertiary/aromatic N) is 3. The quantitative estimate of drug-likeness (QED) is 0.615. The molecule has 2 aliphatic rings. The molecule has 0 bridgehead atoms. The van der Waals surface area contributed by atoms with Gasteiger partial charge in [0.15, 0.2) is 5.78 Å². The van der Waals surface area contributed by atoms with Crippen LogP contribution < -0.4 is 5.32 Å². The first-order valence-electron chi connectivity index (χ1n) is 9.29. The minimum absolute atomic E-state index is 0.0590. The Labute approximate surface area is 157 Å². The maximum Gasteiger partial charge on any atom is 0.246 e. The highest BCUT2D eigenvalue weighted by molar-refractivity contribution is 6.11. The van der Waals surface area contributed by atoms with E-state index in [1.54, 1.807) is 11.1 Å². The molecule has 2 atom stereocenters. The van der Waals surface area contributed by atoms with E-state index in [1.807, 2.05) is 0 Å². The molecule has 2 aromatic rings. The van der Waals surface area contributed by atoms with Gasteiger partial charge in [-0.05, 0) is 25.3 Å². The topological polar surface area (TPSA) is 100 Å². The molecule has 0 aromatic carbocycles. The van der Waals surface area contributed by atoms with E-state index in [0.29, 0.717) is 42.2 Å². The number of Topliss-reactive ketones (excluding diaryl/α,β-unsaturated/α-hetero) is 1. The van der Waals surface area contributed by atoms with Crippen LogP contribution in [-0.2, 0) is 9.53 Å². The van der Waals surface area contributed by atoms with E-state index in [9.17, 15) is 9.59 Å². The van der Waals surface area contributed by atoms with Crippen LogP contribution in [0.1, 0.15) is 29.6 Å². The number of piperidine rings is 1. The molecule has 142 valence electrons. The Morgan fingerprint density at radius 3 is 3.04 bits per heavy atom. The Morgan fingerprint density at radius 1 is 1.37 bits per heavy atom. The number of ketones is 1. The van der Waals surface area contributed by atoms with Gasteiger partial charge < -0.3 is 19.9 Å². The van der Waals surface area contributed by atoms with Gasteiger partial charge in [-0.3, -0.25) is 9.59 Å². The second-order valence-corrected chi connectivity index (χ2v) is 7.04. The Kier molecular flexibility index (Phi) is 4.89. The zero-order valence-electron chi connectivity index (χ0n) is 15.1. The minimum atomic E-state index is -0.118. The molecule has 2 aliphatic heterocycles. The minimum Gasteiger partial charge on any atom is -0.381 e. The molecular formula is C19H23N5O3. The third-order valence-electron chi connectivity index (χ3n) is 5.28. The highest BCUT2D eigenvalue weighted by Crippen LogP contribution is 2.29. The van der Waals surface area contributed by atoms with Crippen LogP contribution in [0.2, 0.25) is 0 Å². The number of aromatic nitrogens is 3. The maximum absolute atomic E-state index is 12.9. The van der Waals surface area contributed by atoms with E-state index in [-0.39, 0.29) is 23.7 Å². The summed E-state index contributed by atoms with van der Waals surface area (Å²) in [6.45, 7) is 5.96. The SMILES string of the molecule is C=CC(=O)N1CCCC(Nc2ncnc3[nH]cc(C(=O)C4CCOC4)c23)C1. The van der Waals surface area contributed by atoms with Crippen LogP contribution in [0.3, 0.4) is 0 Å². The second kappa shape index (κ2) is 7.48. The van der Waals surface area contributed by atoms with Crippen molar-refractivity contribution >= 4 is 28.5 Å². The molecular weight excluding hydrogens is 346 g/mol. The molecule has 1 amide bonds. The van der Waals surface area contributed by atoms with Gasteiger partial charge in [-0.15, -0.1) is 0 Å². The van der Waals surface area contributed by atoms with Gasteiger partial charge in [-0.1, -0.05) is 6.58 Å². The molecule has 8 nitrogen and oxygen atoms in total. The first-order chi connectivity index (χ1) is 13.2. The third kappa shape index (κ3) is 3.44. The number of anilines is 1. The van der Waals surface area contributed by atoms with Crippen molar-refractivity contribution in [3.63, 3.8) is 0 Å². The Hall–Kier alpha value is -2.74. The molecule has 2 saturated heterocycles. The fourth-order valence-electron chi connectivity index (χ4n) is 3.85. The summed E-state index contributed by atoms with van der Waals surface area (Å²) in [6, 6.07) is 0.0633. The number of likely N-dealkylation sites (tertiary alicyclic amines) is 1. The molecule has 4 rings (SSSR count). The fourth-order valence-corrected chi connectivity index (χ4v) is 3.85. The molecule has 0 saturated carbocycles. The predicted octanol–water partition coefficient (Wildman–Crippen LogP) is 1.77. The predicted molar refractivity (Wildman–Crippen MR) is 101 cm³/mol. The van der Waals surface area contributed by atoms with E-state index in [4.69, 9.17) is 4.74 Å². The summed E-state index contributed by atoms with van der Waals surface area (Å²) in [5.74, 6) is 0.505. The van der Waals surface area contributed by atoms with Crippen LogP contribution in [-0.4, -0.2) is 63.9 Å². The first-order valence-corrected chi connectivity index (χ1v) is 9.29. The fraction of sp³-hybridized carbons (Fsp3) is 0.474. The maximum atomic E-state index is 12.9. The smallest absolute Gasteiger partial charge is 0.246 e. The molecule has 27 heavy (non-hydrogen) atoms. The van der Waals surface area contributed by atoms with Crippen LogP contribution in [0.25, 0.3) is 11.0 Å². The Morgan fingerprint density at radius 2 is 2.26 bits per heavy atom. The molecule has 2 unspecified atom stereocenters. The highest BCUT2D eigenvalue weighted by Gasteiger charge is 2.29. The average molecular weight is 369 g/mol. The highest BCUT2D eigenvalue weighted by atomic mass is 16.5. The largest absolute Gasteiger partial charge is 0.381 e. The summed E-state index contributed by atoms with van der Waals surface area (Å²) < 4.78 is 5.36.